The molecule has 0 aliphatic carbocycles. The van der Waals surface area contributed by atoms with Crippen molar-refractivity contribution in [1.82, 2.24) is 4.98 Å². The van der Waals surface area contributed by atoms with E-state index in [1.807, 2.05) is 18.2 Å². The Kier molecular flexibility index (Phi) is 2.82. The molecule has 0 aliphatic rings. The lowest BCUT2D eigenvalue weighted by molar-refractivity contribution is 0.707. The van der Waals surface area contributed by atoms with Gasteiger partial charge in [-0.15, -0.1) is 0 Å². The molecule has 0 N–H and O–H groups in total. The molecule has 1 atom stereocenters. The second-order valence-electron chi connectivity index (χ2n) is 2.87. The van der Waals surface area contributed by atoms with E-state index >= 15 is 0 Å². The van der Waals surface area contributed by atoms with Crippen molar-refractivity contribution in [1.29, 1.82) is 5.26 Å². The third-order valence-corrected chi connectivity index (χ3v) is 2.00. The lowest BCUT2D eigenvalue weighted by Gasteiger charge is -2.06. The van der Waals surface area contributed by atoms with Gasteiger partial charge in [0.05, 0.1) is 0 Å². The zero-order valence-electron chi connectivity index (χ0n) is 7.41. The Morgan fingerprint density at radius 3 is 2.92 bits per heavy atom. The fourth-order valence-corrected chi connectivity index (χ4v) is 0.997. The first kappa shape index (κ1) is 8.73. The summed E-state index contributed by atoms with van der Waals surface area (Å²) in [5.41, 5.74) is 1.52. The summed E-state index contributed by atoms with van der Waals surface area (Å²) in [4.78, 5) is 4.20. The molecule has 0 fully saturated rings. The fraction of sp³-hybridized carbons (Fsp3) is 0.400. The molecule has 0 radical (unpaired) electrons. The molecule has 0 saturated heterocycles. The van der Waals surface area contributed by atoms with Gasteiger partial charge in [0.25, 0.3) is 0 Å². The quantitative estimate of drug-likeness (QED) is 0.666. The van der Waals surface area contributed by atoms with Gasteiger partial charge < -0.3 is 0 Å². The van der Waals surface area contributed by atoms with Gasteiger partial charge in [-0.05, 0) is 24.5 Å². The molecular formula is C10H12N2. The van der Waals surface area contributed by atoms with Crippen LogP contribution in [0.25, 0.3) is 0 Å². The lowest BCUT2D eigenvalue weighted by atomic mass is 10.0. The molecule has 12 heavy (non-hydrogen) atoms. The number of aromatic nitrogens is 1. The van der Waals surface area contributed by atoms with Gasteiger partial charge in [0.2, 0.25) is 0 Å². The maximum Gasteiger partial charge on any atom is 0.140 e. The minimum Gasteiger partial charge on any atom is -0.242 e. The van der Waals surface area contributed by atoms with Crippen molar-refractivity contribution in [2.75, 3.05) is 0 Å². The summed E-state index contributed by atoms with van der Waals surface area (Å²) in [6.07, 6.45) is 1.06. The van der Waals surface area contributed by atoms with Gasteiger partial charge in [0.15, 0.2) is 0 Å². The summed E-state index contributed by atoms with van der Waals surface area (Å²) in [6, 6.07) is 7.61. The number of hydrogen-bond acceptors (Lipinski definition) is 2. The van der Waals surface area contributed by atoms with Crippen LogP contribution in [0.15, 0.2) is 18.2 Å². The maximum atomic E-state index is 8.60. The van der Waals surface area contributed by atoms with Crippen molar-refractivity contribution in [2.45, 2.75) is 26.2 Å². The zero-order chi connectivity index (χ0) is 8.97. The summed E-state index contributed by atoms with van der Waals surface area (Å²) in [5.74, 6) is 0.443. The smallest absolute Gasteiger partial charge is 0.140 e. The van der Waals surface area contributed by atoms with Crippen LogP contribution in [0, 0.1) is 11.3 Å². The van der Waals surface area contributed by atoms with E-state index in [2.05, 4.69) is 18.8 Å². The zero-order valence-corrected chi connectivity index (χ0v) is 7.41. The van der Waals surface area contributed by atoms with Crippen molar-refractivity contribution in [3.8, 4) is 6.07 Å². The molecule has 2 nitrogen and oxygen atoms in total. The highest BCUT2D eigenvalue weighted by Gasteiger charge is 2.03. The Bertz CT molecular complexity index is 299. The van der Waals surface area contributed by atoms with E-state index in [9.17, 15) is 0 Å². The lowest BCUT2D eigenvalue weighted by Crippen LogP contribution is -1.96. The van der Waals surface area contributed by atoms with Gasteiger partial charge in [0.1, 0.15) is 11.8 Å². The SMILES string of the molecule is CC[C@H](C)c1cccc(C#N)n1. The first-order valence-corrected chi connectivity index (χ1v) is 4.15. The minimum absolute atomic E-state index is 0.443. The molecular weight excluding hydrogens is 148 g/mol. The van der Waals surface area contributed by atoms with E-state index in [1.54, 1.807) is 6.07 Å². The maximum absolute atomic E-state index is 8.60. The van der Waals surface area contributed by atoms with Crippen molar-refractivity contribution in [3.05, 3.63) is 29.6 Å². The molecule has 2 heteroatoms. The standard InChI is InChI=1S/C10H12N2/c1-3-8(2)10-6-4-5-9(7-11)12-10/h4-6,8H,3H2,1-2H3/t8-/m0/s1. The molecule has 0 aliphatic heterocycles. The molecule has 1 aromatic rings. The van der Waals surface area contributed by atoms with Crippen LogP contribution in [0.2, 0.25) is 0 Å². The second kappa shape index (κ2) is 3.87. The average Bonchev–Trinajstić information content (AvgIpc) is 2.17. The van der Waals surface area contributed by atoms with Gasteiger partial charge in [0, 0.05) is 5.69 Å². The van der Waals surface area contributed by atoms with Crippen molar-refractivity contribution < 1.29 is 0 Å². The van der Waals surface area contributed by atoms with Gasteiger partial charge in [-0.1, -0.05) is 19.9 Å². The van der Waals surface area contributed by atoms with Crippen LogP contribution in [0.1, 0.15) is 37.6 Å². The van der Waals surface area contributed by atoms with Crippen LogP contribution >= 0.6 is 0 Å². The Hall–Kier alpha value is -1.36. The second-order valence-corrected chi connectivity index (χ2v) is 2.87. The van der Waals surface area contributed by atoms with Crippen molar-refractivity contribution >= 4 is 0 Å². The molecule has 0 aromatic carbocycles. The Morgan fingerprint density at radius 2 is 2.33 bits per heavy atom. The summed E-state index contributed by atoms with van der Waals surface area (Å²) in [6.45, 7) is 4.23. The first-order valence-electron chi connectivity index (χ1n) is 4.15. The Morgan fingerprint density at radius 1 is 1.58 bits per heavy atom. The van der Waals surface area contributed by atoms with E-state index in [4.69, 9.17) is 5.26 Å². The van der Waals surface area contributed by atoms with Crippen LogP contribution < -0.4 is 0 Å². The minimum atomic E-state index is 0.443. The van der Waals surface area contributed by atoms with Gasteiger partial charge in [-0.2, -0.15) is 5.26 Å². The van der Waals surface area contributed by atoms with Crippen molar-refractivity contribution in [2.24, 2.45) is 0 Å². The highest BCUT2D eigenvalue weighted by molar-refractivity contribution is 5.23. The van der Waals surface area contributed by atoms with E-state index in [0.29, 0.717) is 11.6 Å². The molecule has 0 bridgehead atoms. The number of nitrogens with zero attached hydrogens (tertiary/aromatic N) is 2. The number of rotatable bonds is 2. The average molecular weight is 160 g/mol. The molecule has 0 amide bonds. The van der Waals surface area contributed by atoms with Crippen molar-refractivity contribution in [3.63, 3.8) is 0 Å². The summed E-state index contributed by atoms with van der Waals surface area (Å²) in [7, 11) is 0. The molecule has 1 heterocycles. The fourth-order valence-electron chi connectivity index (χ4n) is 0.997. The van der Waals surface area contributed by atoms with Gasteiger partial charge in [-0.3, -0.25) is 0 Å². The van der Waals surface area contributed by atoms with E-state index < -0.39 is 0 Å². The highest BCUT2D eigenvalue weighted by Crippen LogP contribution is 2.15. The molecule has 1 aromatic heterocycles. The molecule has 0 spiro atoms. The summed E-state index contributed by atoms with van der Waals surface area (Å²) >= 11 is 0. The number of pyridine rings is 1. The first-order chi connectivity index (χ1) is 5.77. The van der Waals surface area contributed by atoms with Crippen LogP contribution in [-0.4, -0.2) is 4.98 Å². The highest BCUT2D eigenvalue weighted by atomic mass is 14.7. The molecule has 1 rings (SSSR count). The van der Waals surface area contributed by atoms with E-state index in [0.717, 1.165) is 12.1 Å². The van der Waals surface area contributed by atoms with E-state index in [1.165, 1.54) is 0 Å². The number of hydrogen-bond donors (Lipinski definition) is 0. The van der Waals surface area contributed by atoms with Crippen LogP contribution in [0.3, 0.4) is 0 Å². The Labute approximate surface area is 72.9 Å². The Balaban J connectivity index is 2.95. The molecule has 0 unspecified atom stereocenters. The van der Waals surface area contributed by atoms with Gasteiger partial charge >= 0.3 is 0 Å². The van der Waals surface area contributed by atoms with Crippen LogP contribution in [-0.2, 0) is 0 Å². The topological polar surface area (TPSA) is 36.7 Å². The third kappa shape index (κ3) is 1.82. The van der Waals surface area contributed by atoms with Gasteiger partial charge in [-0.25, -0.2) is 4.98 Å². The molecule has 62 valence electrons. The number of nitriles is 1. The molecule has 0 saturated carbocycles. The largest absolute Gasteiger partial charge is 0.242 e. The monoisotopic (exact) mass is 160 g/mol. The normalized spacial score (nSPS) is 12.1. The van der Waals surface area contributed by atoms with E-state index in [-0.39, 0.29) is 0 Å². The summed E-state index contributed by atoms with van der Waals surface area (Å²) < 4.78 is 0. The predicted octanol–water partition coefficient (Wildman–Crippen LogP) is 2.47. The third-order valence-electron chi connectivity index (χ3n) is 2.00. The summed E-state index contributed by atoms with van der Waals surface area (Å²) in [5, 5.41) is 8.60. The van der Waals surface area contributed by atoms with Crippen LogP contribution in [0.4, 0.5) is 0 Å². The van der Waals surface area contributed by atoms with Crippen LogP contribution in [0.5, 0.6) is 0 Å². The predicted molar refractivity (Wildman–Crippen MR) is 47.7 cm³/mol.